The molecule has 1 aromatic heterocycles. The Balaban J connectivity index is 1.99. The number of halogens is 1. The highest BCUT2D eigenvalue weighted by atomic mass is 79.9. The van der Waals surface area contributed by atoms with Crippen molar-refractivity contribution in [1.29, 1.82) is 0 Å². The molecule has 0 saturated carbocycles. The lowest BCUT2D eigenvalue weighted by atomic mass is 10.0. The molecule has 5 nitrogen and oxygen atoms in total. The molecule has 20 heavy (non-hydrogen) atoms. The number of thiophene rings is 1. The highest BCUT2D eigenvalue weighted by Crippen LogP contribution is 2.25. The summed E-state index contributed by atoms with van der Waals surface area (Å²) in [6.07, 6.45) is 0. The monoisotopic (exact) mass is 383 g/mol. The van der Waals surface area contributed by atoms with Crippen LogP contribution in [-0.4, -0.2) is 46.8 Å². The van der Waals surface area contributed by atoms with Gasteiger partial charge in [-0.1, -0.05) is 0 Å². The fourth-order valence-corrected chi connectivity index (χ4v) is 5.47. The van der Waals surface area contributed by atoms with Gasteiger partial charge in [-0.05, 0) is 41.9 Å². The van der Waals surface area contributed by atoms with Gasteiger partial charge in [-0.2, -0.15) is 0 Å². The van der Waals surface area contributed by atoms with Gasteiger partial charge in [-0.3, -0.25) is 0 Å². The van der Waals surface area contributed by atoms with Gasteiger partial charge in [0.05, 0.1) is 23.5 Å². The zero-order chi connectivity index (χ0) is 14.8. The molecule has 0 amide bonds. The first kappa shape index (κ1) is 16.4. The van der Waals surface area contributed by atoms with Crippen LogP contribution in [0.5, 0.6) is 0 Å². The van der Waals surface area contributed by atoms with Crippen LogP contribution in [0.4, 0.5) is 0 Å². The molecule has 0 unspecified atom stereocenters. The highest BCUT2D eigenvalue weighted by Gasteiger charge is 2.33. The van der Waals surface area contributed by atoms with Gasteiger partial charge in [-0.15, -0.1) is 11.3 Å². The number of nitrogens with one attached hydrogen (secondary N) is 2. The van der Waals surface area contributed by atoms with Crippen molar-refractivity contribution in [2.24, 2.45) is 0 Å². The molecule has 1 aliphatic heterocycles. The SMILES string of the molecule is CC(C)(CNS(=O)(=O)c1ccc(Br)s1)[NH+]1CCOCC1. The predicted molar refractivity (Wildman–Crippen MR) is 82.8 cm³/mol. The molecule has 2 heterocycles. The maximum absolute atomic E-state index is 12.2. The molecule has 2 N–H and O–H groups in total. The first-order chi connectivity index (χ1) is 9.31. The lowest BCUT2D eigenvalue weighted by Gasteiger charge is -2.37. The van der Waals surface area contributed by atoms with Crippen molar-refractivity contribution in [2.75, 3.05) is 32.8 Å². The minimum atomic E-state index is -3.42. The maximum Gasteiger partial charge on any atom is 0.250 e. The van der Waals surface area contributed by atoms with Crippen molar-refractivity contribution in [1.82, 2.24) is 4.72 Å². The smallest absolute Gasteiger partial charge is 0.250 e. The summed E-state index contributed by atoms with van der Waals surface area (Å²) in [5, 5.41) is 0. The Morgan fingerprint density at radius 1 is 1.40 bits per heavy atom. The van der Waals surface area contributed by atoms with Gasteiger partial charge in [-0.25, -0.2) is 13.1 Å². The molecule has 0 radical (unpaired) electrons. The van der Waals surface area contributed by atoms with E-state index in [1.54, 1.807) is 12.1 Å². The second-order valence-electron chi connectivity index (χ2n) is 5.48. The Hall–Kier alpha value is 0.01000. The standard InChI is InChI=1S/C12H19BrN2O3S2/c1-12(2,15-5-7-18-8-6-15)9-14-20(16,17)11-4-3-10(13)19-11/h3-4,14H,5-9H2,1-2H3/p+1. The van der Waals surface area contributed by atoms with E-state index in [0.717, 1.165) is 30.1 Å². The van der Waals surface area contributed by atoms with Crippen molar-refractivity contribution in [3.63, 3.8) is 0 Å². The molecule has 1 aliphatic rings. The minimum Gasteiger partial charge on any atom is -0.370 e. The Morgan fingerprint density at radius 3 is 2.60 bits per heavy atom. The van der Waals surface area contributed by atoms with Gasteiger partial charge in [0.2, 0.25) is 10.0 Å². The van der Waals surface area contributed by atoms with Gasteiger partial charge in [0.1, 0.15) is 22.8 Å². The van der Waals surface area contributed by atoms with Gasteiger partial charge >= 0.3 is 0 Å². The van der Waals surface area contributed by atoms with E-state index < -0.39 is 10.0 Å². The quantitative estimate of drug-likeness (QED) is 0.777. The van der Waals surface area contributed by atoms with E-state index in [-0.39, 0.29) is 5.54 Å². The molecule has 1 fully saturated rings. The Labute approximate surface area is 132 Å². The number of morpholine rings is 1. The fraction of sp³-hybridized carbons (Fsp3) is 0.667. The minimum absolute atomic E-state index is 0.147. The lowest BCUT2D eigenvalue weighted by molar-refractivity contribution is -0.954. The normalized spacial score (nSPS) is 18.4. The molecule has 2 rings (SSSR count). The van der Waals surface area contributed by atoms with Crippen molar-refractivity contribution in [2.45, 2.75) is 23.6 Å². The van der Waals surface area contributed by atoms with Crippen molar-refractivity contribution in [3.05, 3.63) is 15.9 Å². The Morgan fingerprint density at radius 2 is 2.05 bits per heavy atom. The van der Waals surface area contributed by atoms with Crippen LogP contribution in [0.15, 0.2) is 20.1 Å². The molecular weight excluding hydrogens is 364 g/mol. The van der Waals surface area contributed by atoms with E-state index in [2.05, 4.69) is 34.5 Å². The van der Waals surface area contributed by atoms with E-state index in [1.807, 2.05) is 0 Å². The summed E-state index contributed by atoms with van der Waals surface area (Å²) < 4.78 is 33.7. The van der Waals surface area contributed by atoms with Gasteiger partial charge < -0.3 is 9.64 Å². The van der Waals surface area contributed by atoms with E-state index >= 15 is 0 Å². The van der Waals surface area contributed by atoms with Crippen LogP contribution in [0.2, 0.25) is 0 Å². The topological polar surface area (TPSA) is 59.8 Å². The van der Waals surface area contributed by atoms with Crippen LogP contribution < -0.4 is 9.62 Å². The summed E-state index contributed by atoms with van der Waals surface area (Å²) in [5.74, 6) is 0. The molecular formula is C12H20BrN2O3S2+. The third-order valence-corrected chi connectivity index (χ3v) is 7.09. The Kier molecular flexibility index (Phi) is 5.25. The van der Waals surface area contributed by atoms with Crippen molar-refractivity contribution in [3.8, 4) is 0 Å². The summed E-state index contributed by atoms with van der Waals surface area (Å²) >= 11 is 4.51. The summed E-state index contributed by atoms with van der Waals surface area (Å²) in [6.45, 7) is 7.90. The second-order valence-corrected chi connectivity index (χ2v) is 9.94. The number of hydrogen-bond donors (Lipinski definition) is 2. The lowest BCUT2D eigenvalue weighted by Crippen LogP contribution is -3.22. The Bertz CT molecular complexity index is 551. The van der Waals surface area contributed by atoms with Crippen LogP contribution in [-0.2, 0) is 14.8 Å². The zero-order valence-electron chi connectivity index (χ0n) is 11.6. The molecule has 0 spiro atoms. The van der Waals surface area contributed by atoms with Crippen molar-refractivity contribution >= 4 is 37.3 Å². The van der Waals surface area contributed by atoms with Crippen LogP contribution in [0, 0.1) is 0 Å². The van der Waals surface area contributed by atoms with E-state index in [9.17, 15) is 8.42 Å². The summed E-state index contributed by atoms with van der Waals surface area (Å²) in [4.78, 5) is 1.37. The second kappa shape index (κ2) is 6.41. The van der Waals surface area contributed by atoms with Crippen LogP contribution in [0.1, 0.15) is 13.8 Å². The van der Waals surface area contributed by atoms with Crippen LogP contribution in [0.25, 0.3) is 0 Å². The average Bonchev–Trinajstić information content (AvgIpc) is 2.85. The van der Waals surface area contributed by atoms with Gasteiger partial charge in [0.25, 0.3) is 0 Å². The molecule has 0 atom stereocenters. The zero-order valence-corrected chi connectivity index (χ0v) is 14.8. The fourth-order valence-electron chi connectivity index (χ4n) is 2.21. The number of ether oxygens (including phenoxy) is 1. The highest BCUT2D eigenvalue weighted by molar-refractivity contribution is 9.11. The molecule has 1 aromatic rings. The molecule has 0 bridgehead atoms. The predicted octanol–water partition coefficient (Wildman–Crippen LogP) is 0.483. The molecule has 114 valence electrons. The van der Waals surface area contributed by atoms with E-state index in [0.29, 0.717) is 10.8 Å². The van der Waals surface area contributed by atoms with Gasteiger partial charge in [0.15, 0.2) is 0 Å². The first-order valence-electron chi connectivity index (χ1n) is 6.49. The molecule has 0 aliphatic carbocycles. The van der Waals surface area contributed by atoms with Gasteiger partial charge in [0, 0.05) is 0 Å². The van der Waals surface area contributed by atoms with Crippen molar-refractivity contribution < 1.29 is 18.1 Å². The van der Waals surface area contributed by atoms with Crippen LogP contribution in [0.3, 0.4) is 0 Å². The number of hydrogen-bond acceptors (Lipinski definition) is 4. The third-order valence-electron chi connectivity index (χ3n) is 3.57. The first-order valence-corrected chi connectivity index (χ1v) is 9.58. The largest absolute Gasteiger partial charge is 0.370 e. The maximum atomic E-state index is 12.2. The van der Waals surface area contributed by atoms with E-state index in [1.165, 1.54) is 16.2 Å². The molecule has 0 aromatic carbocycles. The number of rotatable bonds is 5. The number of quaternary nitrogens is 1. The average molecular weight is 384 g/mol. The molecule has 1 saturated heterocycles. The van der Waals surface area contributed by atoms with E-state index in [4.69, 9.17) is 4.74 Å². The summed E-state index contributed by atoms with van der Waals surface area (Å²) in [7, 11) is -3.42. The summed E-state index contributed by atoms with van der Waals surface area (Å²) in [5.41, 5.74) is -0.147. The number of sulfonamides is 1. The molecule has 8 heteroatoms. The summed E-state index contributed by atoms with van der Waals surface area (Å²) in [6, 6.07) is 3.36. The van der Waals surface area contributed by atoms with Crippen LogP contribution >= 0.6 is 27.3 Å². The third kappa shape index (κ3) is 4.02.